The molecule has 0 radical (unpaired) electrons. The van der Waals surface area contributed by atoms with Crippen molar-refractivity contribution in [1.29, 1.82) is 0 Å². The molecule has 6 nitrogen and oxygen atoms in total. The maximum atomic E-state index is 13.8. The summed E-state index contributed by atoms with van der Waals surface area (Å²) < 4.78 is 27.2. The molecule has 1 amide bonds. The van der Waals surface area contributed by atoms with Crippen LogP contribution in [0.3, 0.4) is 0 Å². The highest BCUT2D eigenvalue weighted by Crippen LogP contribution is 2.26. The Bertz CT molecular complexity index is 1100. The van der Waals surface area contributed by atoms with Crippen molar-refractivity contribution in [3.63, 3.8) is 0 Å². The van der Waals surface area contributed by atoms with Gasteiger partial charge in [0.05, 0.1) is 11.1 Å². The Morgan fingerprint density at radius 2 is 1.71 bits per heavy atom. The molecule has 31 heavy (non-hydrogen) atoms. The van der Waals surface area contributed by atoms with Gasteiger partial charge in [-0.2, -0.15) is 4.98 Å². The number of anilines is 2. The molecule has 0 atom stereocenters. The third-order valence-electron chi connectivity index (χ3n) is 5.58. The average Bonchev–Trinajstić information content (AvgIpc) is 2.76. The van der Waals surface area contributed by atoms with Crippen molar-refractivity contribution < 1.29 is 13.6 Å². The zero-order valence-corrected chi connectivity index (χ0v) is 17.5. The number of nitrogens with zero attached hydrogens (tertiary/aromatic N) is 3. The highest BCUT2D eigenvalue weighted by molar-refractivity contribution is 5.94. The van der Waals surface area contributed by atoms with Crippen LogP contribution in [0, 0.1) is 11.6 Å². The number of aromatic nitrogens is 2. The summed E-state index contributed by atoms with van der Waals surface area (Å²) in [6.07, 6.45) is 3.08. The first-order valence-electron chi connectivity index (χ1n) is 10.4. The molecule has 0 unspecified atom stereocenters. The summed E-state index contributed by atoms with van der Waals surface area (Å²) in [5, 5.41) is 7.24. The van der Waals surface area contributed by atoms with Gasteiger partial charge in [0.25, 0.3) is 5.91 Å². The van der Waals surface area contributed by atoms with Crippen LogP contribution in [0.4, 0.5) is 20.5 Å². The van der Waals surface area contributed by atoms with Gasteiger partial charge in [0.1, 0.15) is 17.5 Å². The molecule has 1 heterocycles. The molecule has 0 bridgehead atoms. The second-order valence-electron chi connectivity index (χ2n) is 8.07. The van der Waals surface area contributed by atoms with Crippen LogP contribution in [-0.4, -0.2) is 42.1 Å². The summed E-state index contributed by atoms with van der Waals surface area (Å²) >= 11 is 0. The van der Waals surface area contributed by atoms with Crippen LogP contribution in [0.25, 0.3) is 10.9 Å². The predicted octanol–water partition coefficient (Wildman–Crippen LogP) is 4.13. The van der Waals surface area contributed by atoms with E-state index in [0.717, 1.165) is 60.6 Å². The fraction of sp³-hybridized carbons (Fsp3) is 0.348. The van der Waals surface area contributed by atoms with Gasteiger partial charge in [-0.05, 0) is 56.0 Å². The summed E-state index contributed by atoms with van der Waals surface area (Å²) in [7, 11) is 3.90. The highest BCUT2D eigenvalue weighted by Gasteiger charge is 2.24. The Morgan fingerprint density at radius 3 is 2.45 bits per heavy atom. The highest BCUT2D eigenvalue weighted by atomic mass is 19.1. The molecule has 0 aliphatic heterocycles. The first kappa shape index (κ1) is 21.0. The summed E-state index contributed by atoms with van der Waals surface area (Å²) in [4.78, 5) is 23.6. The van der Waals surface area contributed by atoms with E-state index in [-0.39, 0.29) is 17.6 Å². The van der Waals surface area contributed by atoms with Crippen LogP contribution < -0.4 is 15.5 Å². The molecule has 0 saturated heterocycles. The van der Waals surface area contributed by atoms with Gasteiger partial charge in [-0.1, -0.05) is 12.1 Å². The summed E-state index contributed by atoms with van der Waals surface area (Å²) in [5.41, 5.74) is 0.614. The monoisotopic (exact) mass is 425 g/mol. The van der Waals surface area contributed by atoms with E-state index in [4.69, 9.17) is 0 Å². The number of fused-ring (bicyclic) bond motifs is 1. The van der Waals surface area contributed by atoms with Crippen LogP contribution in [0.2, 0.25) is 0 Å². The Kier molecular flexibility index (Phi) is 5.97. The SMILES string of the molecule is CN(C)c1nc(N[C@H]2CC[C@@H](NC(=O)c3cc(F)ccc3F)CC2)nc2ccccc12. The molecule has 1 fully saturated rings. The zero-order valence-electron chi connectivity index (χ0n) is 17.5. The number of hydrogen-bond acceptors (Lipinski definition) is 5. The largest absolute Gasteiger partial charge is 0.362 e. The second kappa shape index (κ2) is 8.83. The molecule has 1 aliphatic rings. The number of benzene rings is 2. The molecule has 8 heteroatoms. The van der Waals surface area contributed by atoms with Gasteiger partial charge in [-0.25, -0.2) is 13.8 Å². The van der Waals surface area contributed by atoms with E-state index in [9.17, 15) is 13.6 Å². The number of amides is 1. The third kappa shape index (κ3) is 4.73. The fourth-order valence-electron chi connectivity index (χ4n) is 3.96. The summed E-state index contributed by atoms with van der Waals surface area (Å²) in [5.74, 6) is -0.504. The molecule has 4 rings (SSSR count). The number of hydrogen-bond donors (Lipinski definition) is 2. The minimum atomic E-state index is -0.723. The molecule has 1 saturated carbocycles. The molecule has 1 aliphatic carbocycles. The maximum Gasteiger partial charge on any atom is 0.254 e. The predicted molar refractivity (Wildman–Crippen MR) is 117 cm³/mol. The summed E-state index contributed by atoms with van der Waals surface area (Å²) in [6.45, 7) is 0. The number of carbonyl (C=O) groups excluding carboxylic acids is 1. The smallest absolute Gasteiger partial charge is 0.254 e. The molecular weight excluding hydrogens is 400 g/mol. The van der Waals surface area contributed by atoms with Crippen molar-refractivity contribution in [2.45, 2.75) is 37.8 Å². The molecule has 3 aromatic rings. The number of nitrogens with one attached hydrogen (secondary N) is 2. The van der Waals surface area contributed by atoms with E-state index < -0.39 is 17.5 Å². The zero-order chi connectivity index (χ0) is 22.0. The lowest BCUT2D eigenvalue weighted by Crippen LogP contribution is -2.40. The van der Waals surface area contributed by atoms with E-state index in [1.165, 1.54) is 0 Å². The van der Waals surface area contributed by atoms with Gasteiger partial charge in [-0.3, -0.25) is 4.79 Å². The van der Waals surface area contributed by atoms with Crippen LogP contribution in [0.15, 0.2) is 42.5 Å². The van der Waals surface area contributed by atoms with Crippen molar-refractivity contribution in [3.05, 3.63) is 59.7 Å². The molecule has 162 valence electrons. The lowest BCUT2D eigenvalue weighted by molar-refractivity contribution is 0.0922. The normalized spacial score (nSPS) is 18.6. The first-order chi connectivity index (χ1) is 14.9. The van der Waals surface area contributed by atoms with Gasteiger partial charge >= 0.3 is 0 Å². The van der Waals surface area contributed by atoms with E-state index in [1.54, 1.807) is 0 Å². The molecule has 0 spiro atoms. The lowest BCUT2D eigenvalue weighted by Gasteiger charge is -2.30. The minimum absolute atomic E-state index is 0.0805. The summed E-state index contributed by atoms with van der Waals surface area (Å²) in [6, 6.07) is 10.9. The third-order valence-corrected chi connectivity index (χ3v) is 5.58. The molecule has 1 aromatic heterocycles. The Hall–Kier alpha value is -3.29. The van der Waals surface area contributed by atoms with Gasteiger partial charge in [0.2, 0.25) is 5.95 Å². The van der Waals surface area contributed by atoms with Crippen LogP contribution in [0.1, 0.15) is 36.0 Å². The van der Waals surface area contributed by atoms with Gasteiger partial charge in [0, 0.05) is 31.6 Å². The fourth-order valence-corrected chi connectivity index (χ4v) is 3.96. The van der Waals surface area contributed by atoms with E-state index in [2.05, 4.69) is 20.6 Å². The number of para-hydroxylation sites is 1. The number of halogens is 2. The van der Waals surface area contributed by atoms with Crippen LogP contribution >= 0.6 is 0 Å². The van der Waals surface area contributed by atoms with Crippen molar-refractivity contribution in [3.8, 4) is 0 Å². The molecule has 2 aromatic carbocycles. The maximum absolute atomic E-state index is 13.8. The topological polar surface area (TPSA) is 70.2 Å². The Morgan fingerprint density at radius 1 is 1.00 bits per heavy atom. The quantitative estimate of drug-likeness (QED) is 0.643. The number of rotatable bonds is 5. The van der Waals surface area contributed by atoms with E-state index >= 15 is 0 Å². The van der Waals surface area contributed by atoms with Crippen molar-refractivity contribution >= 4 is 28.6 Å². The lowest BCUT2D eigenvalue weighted by atomic mass is 9.91. The average molecular weight is 425 g/mol. The molecule has 2 N–H and O–H groups in total. The standard InChI is InChI=1S/C23H25F2N5O/c1-30(2)21-17-5-3-4-6-20(17)28-23(29-21)27-16-10-8-15(9-11-16)26-22(31)18-13-14(24)7-12-19(18)25/h3-7,12-13,15-16H,8-11H2,1-2H3,(H,26,31)(H,27,28,29)/t15-,16+. The first-order valence-corrected chi connectivity index (χ1v) is 10.4. The van der Waals surface area contributed by atoms with E-state index in [1.807, 2.05) is 43.3 Å². The molecular formula is C23H25F2N5O. The van der Waals surface area contributed by atoms with Gasteiger partial charge < -0.3 is 15.5 Å². The van der Waals surface area contributed by atoms with Crippen molar-refractivity contribution in [2.75, 3.05) is 24.3 Å². The minimum Gasteiger partial charge on any atom is -0.362 e. The van der Waals surface area contributed by atoms with Gasteiger partial charge in [-0.15, -0.1) is 0 Å². The van der Waals surface area contributed by atoms with Crippen LogP contribution in [-0.2, 0) is 0 Å². The van der Waals surface area contributed by atoms with Gasteiger partial charge in [0.15, 0.2) is 0 Å². The van der Waals surface area contributed by atoms with Crippen LogP contribution in [0.5, 0.6) is 0 Å². The number of carbonyl (C=O) groups is 1. The Labute approximate surface area is 179 Å². The second-order valence-corrected chi connectivity index (χ2v) is 8.07. The van der Waals surface area contributed by atoms with Crippen molar-refractivity contribution in [1.82, 2.24) is 15.3 Å². The van der Waals surface area contributed by atoms with E-state index in [0.29, 0.717) is 5.95 Å². The Balaban J connectivity index is 1.38. The van der Waals surface area contributed by atoms with Crippen molar-refractivity contribution in [2.24, 2.45) is 0 Å².